The lowest BCUT2D eigenvalue weighted by Crippen LogP contribution is -2.00. The van der Waals surface area contributed by atoms with E-state index in [0.29, 0.717) is 0 Å². The first kappa shape index (κ1) is 12.7. The Balaban J connectivity index is 1.52. The minimum absolute atomic E-state index is 0.784. The molecule has 1 nitrogen and oxygen atoms in total. The van der Waals surface area contributed by atoms with Gasteiger partial charge in [0.15, 0.2) is 0 Å². The fourth-order valence-corrected chi connectivity index (χ4v) is 4.15. The van der Waals surface area contributed by atoms with Crippen molar-refractivity contribution in [2.45, 2.75) is 51.4 Å². The molecule has 2 unspecified atom stereocenters. The summed E-state index contributed by atoms with van der Waals surface area (Å²) in [5.74, 6) is 3.74. The van der Waals surface area contributed by atoms with E-state index in [4.69, 9.17) is 5.26 Å². The molecule has 0 saturated heterocycles. The van der Waals surface area contributed by atoms with Crippen LogP contribution in [0.25, 0.3) is 0 Å². The fourth-order valence-electron chi connectivity index (χ4n) is 4.15. The van der Waals surface area contributed by atoms with Gasteiger partial charge in [0.05, 0.1) is 11.6 Å². The van der Waals surface area contributed by atoms with Crippen LogP contribution in [0, 0.1) is 29.1 Å². The number of rotatable bonds is 5. The van der Waals surface area contributed by atoms with E-state index in [2.05, 4.69) is 25.1 Å². The second kappa shape index (κ2) is 5.37. The zero-order valence-corrected chi connectivity index (χ0v) is 11.8. The molecule has 0 heterocycles. The Morgan fingerprint density at radius 3 is 2.37 bits per heavy atom. The maximum atomic E-state index is 8.83. The highest BCUT2D eigenvalue weighted by Crippen LogP contribution is 2.65. The normalized spacial score (nSPS) is 31.8. The van der Waals surface area contributed by atoms with Gasteiger partial charge >= 0.3 is 0 Å². The minimum atomic E-state index is 0.784. The molecule has 0 bridgehead atoms. The maximum Gasteiger partial charge on any atom is 0.0991 e. The topological polar surface area (TPSA) is 23.8 Å². The van der Waals surface area contributed by atoms with Crippen LogP contribution in [0.2, 0.25) is 0 Å². The number of unbranched alkanes of at least 4 members (excludes halogenated alkanes) is 2. The van der Waals surface area contributed by atoms with Gasteiger partial charge in [0.25, 0.3) is 0 Å². The van der Waals surface area contributed by atoms with Gasteiger partial charge in [-0.3, -0.25) is 0 Å². The van der Waals surface area contributed by atoms with E-state index in [1.807, 2.05) is 12.1 Å². The van der Waals surface area contributed by atoms with Crippen LogP contribution in [0.3, 0.4) is 0 Å². The quantitative estimate of drug-likeness (QED) is 0.686. The molecule has 4 atom stereocenters. The summed E-state index contributed by atoms with van der Waals surface area (Å²) in [6.45, 7) is 2.28. The summed E-state index contributed by atoms with van der Waals surface area (Å²) in [5.41, 5.74) is 2.26. The second-order valence-corrected chi connectivity index (χ2v) is 6.42. The number of nitriles is 1. The van der Waals surface area contributed by atoms with Crippen LogP contribution in [-0.2, 0) is 0 Å². The Labute approximate surface area is 116 Å². The van der Waals surface area contributed by atoms with Crippen molar-refractivity contribution >= 4 is 0 Å². The van der Waals surface area contributed by atoms with Crippen LogP contribution in [0.15, 0.2) is 24.3 Å². The van der Waals surface area contributed by atoms with Crippen LogP contribution in [0.5, 0.6) is 0 Å². The largest absolute Gasteiger partial charge is 0.192 e. The Morgan fingerprint density at radius 1 is 1.11 bits per heavy atom. The summed E-state index contributed by atoms with van der Waals surface area (Å²) in [4.78, 5) is 0. The Hall–Kier alpha value is -1.29. The van der Waals surface area contributed by atoms with Gasteiger partial charge < -0.3 is 0 Å². The summed E-state index contributed by atoms with van der Waals surface area (Å²) in [6.07, 6.45) is 8.56. The van der Waals surface area contributed by atoms with Gasteiger partial charge in [-0.2, -0.15) is 5.26 Å². The predicted molar refractivity (Wildman–Crippen MR) is 77.7 cm³/mol. The number of benzene rings is 1. The third kappa shape index (κ3) is 2.54. The summed E-state index contributed by atoms with van der Waals surface area (Å²) in [5, 5.41) is 8.83. The lowest BCUT2D eigenvalue weighted by atomic mass is 9.92. The van der Waals surface area contributed by atoms with Crippen LogP contribution in [0.1, 0.15) is 62.5 Å². The molecule has 0 aliphatic heterocycles. The van der Waals surface area contributed by atoms with Crippen molar-refractivity contribution < 1.29 is 0 Å². The molecule has 19 heavy (non-hydrogen) atoms. The average Bonchev–Trinajstić information content (AvgIpc) is 2.95. The third-order valence-corrected chi connectivity index (χ3v) is 5.18. The maximum absolute atomic E-state index is 8.83. The molecule has 100 valence electrons. The zero-order chi connectivity index (χ0) is 13.2. The smallest absolute Gasteiger partial charge is 0.0991 e. The highest BCUT2D eigenvalue weighted by Gasteiger charge is 2.55. The fraction of sp³-hybridized carbons (Fsp3) is 0.611. The molecule has 2 aliphatic carbocycles. The molecule has 2 aliphatic rings. The summed E-state index contributed by atoms with van der Waals surface area (Å²) in [6, 6.07) is 10.5. The van der Waals surface area contributed by atoms with Gasteiger partial charge in [-0.15, -0.1) is 0 Å². The second-order valence-electron chi connectivity index (χ2n) is 6.42. The molecule has 2 saturated carbocycles. The SMILES string of the molecule is CCCCCC1C[C@@H]2C(c3ccc(C#N)cc3)[C@@H]2C1. The van der Waals surface area contributed by atoms with Crippen LogP contribution in [-0.4, -0.2) is 0 Å². The summed E-state index contributed by atoms with van der Waals surface area (Å²) < 4.78 is 0. The van der Waals surface area contributed by atoms with E-state index in [1.54, 1.807) is 0 Å². The first-order valence-corrected chi connectivity index (χ1v) is 7.83. The van der Waals surface area contributed by atoms with Crippen molar-refractivity contribution in [2.24, 2.45) is 17.8 Å². The van der Waals surface area contributed by atoms with Crippen molar-refractivity contribution in [3.05, 3.63) is 35.4 Å². The van der Waals surface area contributed by atoms with Crippen molar-refractivity contribution in [3.63, 3.8) is 0 Å². The van der Waals surface area contributed by atoms with Gasteiger partial charge in [0, 0.05) is 0 Å². The summed E-state index contributed by atoms with van der Waals surface area (Å²) >= 11 is 0. The monoisotopic (exact) mass is 253 g/mol. The van der Waals surface area contributed by atoms with Crippen molar-refractivity contribution in [1.82, 2.24) is 0 Å². The van der Waals surface area contributed by atoms with E-state index in [0.717, 1.165) is 29.2 Å². The first-order valence-electron chi connectivity index (χ1n) is 7.83. The molecular formula is C18H23N. The molecule has 1 heteroatoms. The Kier molecular flexibility index (Phi) is 3.60. The molecule has 0 amide bonds. The molecule has 0 radical (unpaired) electrons. The van der Waals surface area contributed by atoms with E-state index in [9.17, 15) is 0 Å². The Bertz CT molecular complexity index is 455. The number of hydrogen-bond donors (Lipinski definition) is 0. The van der Waals surface area contributed by atoms with Gasteiger partial charge in [0.1, 0.15) is 0 Å². The highest BCUT2D eigenvalue weighted by molar-refractivity contribution is 5.36. The van der Waals surface area contributed by atoms with Gasteiger partial charge in [0.2, 0.25) is 0 Å². The molecular weight excluding hydrogens is 230 g/mol. The van der Waals surface area contributed by atoms with Crippen LogP contribution < -0.4 is 0 Å². The molecule has 0 spiro atoms. The molecule has 1 aromatic carbocycles. The molecule has 1 aromatic rings. The number of hydrogen-bond acceptors (Lipinski definition) is 1. The van der Waals surface area contributed by atoms with Crippen LogP contribution in [0.4, 0.5) is 0 Å². The third-order valence-electron chi connectivity index (χ3n) is 5.18. The van der Waals surface area contributed by atoms with Crippen molar-refractivity contribution in [3.8, 4) is 6.07 Å². The predicted octanol–water partition coefficient (Wildman–Crippen LogP) is 4.88. The van der Waals surface area contributed by atoms with E-state index in [1.165, 1.54) is 44.1 Å². The lowest BCUT2D eigenvalue weighted by molar-refractivity contribution is 0.419. The average molecular weight is 253 g/mol. The minimum Gasteiger partial charge on any atom is -0.192 e. The van der Waals surface area contributed by atoms with Crippen LogP contribution >= 0.6 is 0 Å². The van der Waals surface area contributed by atoms with Crippen molar-refractivity contribution in [2.75, 3.05) is 0 Å². The highest BCUT2D eigenvalue weighted by atomic mass is 14.6. The number of fused-ring (bicyclic) bond motifs is 1. The van der Waals surface area contributed by atoms with E-state index >= 15 is 0 Å². The first-order chi connectivity index (χ1) is 9.33. The molecule has 0 N–H and O–H groups in total. The molecule has 3 rings (SSSR count). The summed E-state index contributed by atoms with van der Waals surface area (Å²) in [7, 11) is 0. The van der Waals surface area contributed by atoms with E-state index < -0.39 is 0 Å². The molecule has 2 fully saturated rings. The standard InChI is InChI=1S/C18H23N/c1-2-3-4-5-14-10-16-17(11-14)18(16)15-8-6-13(12-19)7-9-15/h6-9,14,16-18H,2-5,10-11H2,1H3/t14?,16-,17+,18?. The molecule has 0 aromatic heterocycles. The number of nitrogens with zero attached hydrogens (tertiary/aromatic N) is 1. The Morgan fingerprint density at radius 2 is 1.79 bits per heavy atom. The van der Waals surface area contributed by atoms with Gasteiger partial charge in [-0.25, -0.2) is 0 Å². The van der Waals surface area contributed by atoms with Crippen molar-refractivity contribution in [1.29, 1.82) is 5.26 Å². The van der Waals surface area contributed by atoms with E-state index in [-0.39, 0.29) is 0 Å². The lowest BCUT2D eigenvalue weighted by Gasteiger charge is -2.14. The van der Waals surface area contributed by atoms with Gasteiger partial charge in [-0.1, -0.05) is 44.7 Å². The van der Waals surface area contributed by atoms with Gasteiger partial charge in [-0.05, 0) is 54.2 Å². The zero-order valence-electron chi connectivity index (χ0n) is 11.8.